The highest BCUT2D eigenvalue weighted by Gasteiger charge is 2.11. The van der Waals surface area contributed by atoms with E-state index >= 15 is 0 Å². The molecule has 3 rings (SSSR count). The highest BCUT2D eigenvalue weighted by atomic mass is 32.1. The van der Waals surface area contributed by atoms with Gasteiger partial charge in [0, 0.05) is 11.3 Å². The van der Waals surface area contributed by atoms with E-state index in [1.54, 1.807) is 18.2 Å². The third kappa shape index (κ3) is 3.87. The fourth-order valence-corrected chi connectivity index (χ4v) is 2.75. The summed E-state index contributed by atoms with van der Waals surface area (Å²) in [5.74, 6) is -1.36. The van der Waals surface area contributed by atoms with Crippen molar-refractivity contribution in [3.05, 3.63) is 77.4 Å². The van der Waals surface area contributed by atoms with Crippen LogP contribution >= 0.6 is 12.2 Å². The molecule has 3 N–H and O–H groups in total. The zero-order valence-corrected chi connectivity index (χ0v) is 14.8. The summed E-state index contributed by atoms with van der Waals surface area (Å²) < 4.78 is 0. The van der Waals surface area contributed by atoms with Crippen molar-refractivity contribution in [1.82, 2.24) is 5.32 Å². The average Bonchev–Trinajstić information content (AvgIpc) is 2.62. The number of carbonyl (C=O) groups excluding carboxylic acids is 1. The topological polar surface area (TPSA) is 78.4 Å². The van der Waals surface area contributed by atoms with E-state index in [2.05, 4.69) is 10.6 Å². The van der Waals surface area contributed by atoms with E-state index in [0.29, 0.717) is 11.3 Å². The Balaban J connectivity index is 1.74. The molecule has 5 nitrogen and oxygen atoms in total. The predicted molar refractivity (Wildman–Crippen MR) is 106 cm³/mol. The maximum Gasteiger partial charge on any atom is 0.335 e. The Morgan fingerprint density at radius 1 is 0.923 bits per heavy atom. The Labute approximate surface area is 155 Å². The van der Waals surface area contributed by atoms with Gasteiger partial charge in [0.25, 0.3) is 5.91 Å². The van der Waals surface area contributed by atoms with Crippen LogP contribution in [0.2, 0.25) is 0 Å². The zero-order valence-electron chi connectivity index (χ0n) is 13.9. The van der Waals surface area contributed by atoms with Crippen LogP contribution in [0.4, 0.5) is 5.69 Å². The Bertz CT molecular complexity index is 1030. The summed E-state index contributed by atoms with van der Waals surface area (Å²) in [5.41, 5.74) is 1.98. The van der Waals surface area contributed by atoms with Gasteiger partial charge < -0.3 is 10.4 Å². The van der Waals surface area contributed by atoms with Crippen LogP contribution in [0, 0.1) is 6.92 Å². The molecular formula is C20H16N2O3S. The first-order valence-corrected chi connectivity index (χ1v) is 8.30. The first kappa shape index (κ1) is 17.6. The number of benzene rings is 3. The van der Waals surface area contributed by atoms with Crippen LogP contribution in [0.15, 0.2) is 60.7 Å². The summed E-state index contributed by atoms with van der Waals surface area (Å²) in [6.45, 7) is 1.82. The molecule has 0 spiro atoms. The number of fused-ring (bicyclic) bond motifs is 1. The number of thiocarbonyl (C=S) groups is 1. The van der Waals surface area contributed by atoms with Crippen molar-refractivity contribution in [2.75, 3.05) is 5.32 Å². The van der Waals surface area contributed by atoms with Gasteiger partial charge in [-0.2, -0.15) is 0 Å². The molecule has 6 heteroatoms. The quantitative estimate of drug-likeness (QED) is 0.613. The van der Waals surface area contributed by atoms with E-state index in [0.717, 1.165) is 16.3 Å². The molecule has 0 heterocycles. The molecule has 130 valence electrons. The molecule has 0 saturated heterocycles. The molecular weight excluding hydrogens is 348 g/mol. The summed E-state index contributed by atoms with van der Waals surface area (Å²) >= 11 is 5.19. The number of carboxylic acids is 1. The summed E-state index contributed by atoms with van der Waals surface area (Å²) in [7, 11) is 0. The number of nitrogens with one attached hydrogen (secondary N) is 2. The number of aromatic carboxylic acids is 1. The number of rotatable bonds is 3. The summed E-state index contributed by atoms with van der Waals surface area (Å²) in [6, 6.07) is 17.8. The molecule has 1 amide bonds. The lowest BCUT2D eigenvalue weighted by Crippen LogP contribution is -2.34. The zero-order chi connectivity index (χ0) is 18.7. The van der Waals surface area contributed by atoms with Gasteiger partial charge in [0.05, 0.1) is 5.56 Å². The monoisotopic (exact) mass is 364 g/mol. The lowest BCUT2D eigenvalue weighted by atomic mass is 10.1. The second-order valence-electron chi connectivity index (χ2n) is 5.81. The predicted octanol–water partition coefficient (Wildman–Crippen LogP) is 3.97. The van der Waals surface area contributed by atoms with Crippen LogP contribution in [-0.2, 0) is 0 Å². The smallest absolute Gasteiger partial charge is 0.335 e. The molecule has 0 aliphatic heterocycles. The highest BCUT2D eigenvalue weighted by Crippen LogP contribution is 2.18. The first-order chi connectivity index (χ1) is 12.4. The number of carbonyl (C=O) groups is 2. The standard InChI is InChI=1S/C20H16N2O3S/c1-12-6-7-16(19(24)25)11-17(12)21-20(26)22-18(23)15-9-8-13-4-2-3-5-14(13)10-15/h2-11H,1H3,(H,24,25)(H2,21,22,23,26). The fourth-order valence-electron chi connectivity index (χ4n) is 2.55. The van der Waals surface area contributed by atoms with Gasteiger partial charge >= 0.3 is 5.97 Å². The Morgan fingerprint density at radius 3 is 2.35 bits per heavy atom. The maximum absolute atomic E-state index is 12.4. The molecule has 3 aromatic carbocycles. The van der Waals surface area contributed by atoms with Crippen molar-refractivity contribution in [1.29, 1.82) is 0 Å². The van der Waals surface area contributed by atoms with Gasteiger partial charge in [0.2, 0.25) is 0 Å². The first-order valence-electron chi connectivity index (χ1n) is 7.89. The van der Waals surface area contributed by atoms with E-state index in [1.165, 1.54) is 12.1 Å². The van der Waals surface area contributed by atoms with Crippen LogP contribution in [0.5, 0.6) is 0 Å². The highest BCUT2D eigenvalue weighted by molar-refractivity contribution is 7.80. The number of hydrogen-bond acceptors (Lipinski definition) is 3. The van der Waals surface area contributed by atoms with Crippen LogP contribution in [-0.4, -0.2) is 22.1 Å². The van der Waals surface area contributed by atoms with Gasteiger partial charge in [-0.15, -0.1) is 0 Å². The number of carboxylic acid groups (broad SMARTS) is 1. The second-order valence-corrected chi connectivity index (χ2v) is 6.21. The van der Waals surface area contributed by atoms with Crippen LogP contribution in [0.3, 0.4) is 0 Å². The summed E-state index contributed by atoms with van der Waals surface area (Å²) in [6.07, 6.45) is 0. The maximum atomic E-state index is 12.4. The molecule has 0 radical (unpaired) electrons. The Morgan fingerprint density at radius 2 is 1.62 bits per heavy atom. The van der Waals surface area contributed by atoms with Crippen LogP contribution in [0.25, 0.3) is 10.8 Å². The normalized spacial score (nSPS) is 10.3. The molecule has 0 aromatic heterocycles. The minimum atomic E-state index is -1.03. The van der Waals surface area contributed by atoms with E-state index in [1.807, 2.05) is 37.3 Å². The van der Waals surface area contributed by atoms with E-state index in [4.69, 9.17) is 17.3 Å². The SMILES string of the molecule is Cc1ccc(C(=O)O)cc1NC(=S)NC(=O)c1ccc2ccccc2c1. The largest absolute Gasteiger partial charge is 0.478 e. The lowest BCUT2D eigenvalue weighted by Gasteiger charge is -2.12. The van der Waals surface area contributed by atoms with E-state index in [9.17, 15) is 9.59 Å². The summed E-state index contributed by atoms with van der Waals surface area (Å²) in [5, 5.41) is 16.7. The molecule has 0 atom stereocenters. The molecule has 0 aliphatic carbocycles. The Hall–Kier alpha value is -3.25. The molecule has 0 unspecified atom stereocenters. The number of aryl methyl sites for hydroxylation is 1. The number of hydrogen-bond donors (Lipinski definition) is 3. The van der Waals surface area contributed by atoms with Gasteiger partial charge in [-0.05, 0) is 59.7 Å². The van der Waals surface area contributed by atoms with Gasteiger partial charge in [0.15, 0.2) is 5.11 Å². The van der Waals surface area contributed by atoms with Crippen LogP contribution in [0.1, 0.15) is 26.3 Å². The van der Waals surface area contributed by atoms with E-state index < -0.39 is 5.97 Å². The second kappa shape index (κ2) is 7.33. The van der Waals surface area contributed by atoms with Gasteiger partial charge in [-0.3, -0.25) is 10.1 Å². The van der Waals surface area contributed by atoms with Crippen molar-refractivity contribution < 1.29 is 14.7 Å². The molecule has 3 aromatic rings. The molecule has 0 aliphatic rings. The van der Waals surface area contributed by atoms with Gasteiger partial charge in [-0.1, -0.05) is 36.4 Å². The van der Waals surface area contributed by atoms with E-state index in [-0.39, 0.29) is 16.6 Å². The minimum Gasteiger partial charge on any atom is -0.478 e. The Kier molecular flexibility index (Phi) is 4.95. The molecule has 0 bridgehead atoms. The molecule has 26 heavy (non-hydrogen) atoms. The summed E-state index contributed by atoms with van der Waals surface area (Å²) in [4.78, 5) is 23.5. The van der Waals surface area contributed by atoms with Crippen molar-refractivity contribution in [3.8, 4) is 0 Å². The number of amides is 1. The molecule has 0 fully saturated rings. The van der Waals surface area contributed by atoms with Crippen molar-refractivity contribution >= 4 is 45.7 Å². The van der Waals surface area contributed by atoms with Crippen LogP contribution < -0.4 is 10.6 Å². The lowest BCUT2D eigenvalue weighted by molar-refractivity contribution is 0.0696. The fraction of sp³-hybridized carbons (Fsp3) is 0.0500. The third-order valence-corrected chi connectivity index (χ3v) is 4.18. The average molecular weight is 364 g/mol. The van der Waals surface area contributed by atoms with Crippen molar-refractivity contribution in [2.24, 2.45) is 0 Å². The van der Waals surface area contributed by atoms with Gasteiger partial charge in [0.1, 0.15) is 0 Å². The van der Waals surface area contributed by atoms with Crippen molar-refractivity contribution in [3.63, 3.8) is 0 Å². The van der Waals surface area contributed by atoms with Gasteiger partial charge in [-0.25, -0.2) is 4.79 Å². The van der Waals surface area contributed by atoms with Crippen molar-refractivity contribution in [2.45, 2.75) is 6.92 Å². The molecule has 0 saturated carbocycles. The minimum absolute atomic E-state index is 0.105. The number of anilines is 1. The third-order valence-electron chi connectivity index (χ3n) is 3.97.